The lowest BCUT2D eigenvalue weighted by Gasteiger charge is -2.25. The Hall–Kier alpha value is -3.15. The number of methoxy groups -OCH3 is 1. The van der Waals surface area contributed by atoms with Crippen molar-refractivity contribution in [1.29, 1.82) is 0 Å². The number of para-hydroxylation sites is 1. The molecule has 0 saturated carbocycles. The minimum atomic E-state index is -0.432. The molecule has 0 atom stereocenters. The molecule has 0 spiro atoms. The van der Waals surface area contributed by atoms with Crippen molar-refractivity contribution < 1.29 is 19.1 Å². The predicted molar refractivity (Wildman–Crippen MR) is 105 cm³/mol. The molecule has 2 rings (SSSR count). The number of hydrogen-bond acceptors (Lipinski definition) is 4. The van der Waals surface area contributed by atoms with Crippen molar-refractivity contribution >= 4 is 29.2 Å². The molecule has 27 heavy (non-hydrogen) atoms. The van der Waals surface area contributed by atoms with Gasteiger partial charge in [0.05, 0.1) is 12.7 Å². The number of hydrogen-bond donors (Lipinski definition) is 1. The highest BCUT2D eigenvalue weighted by Gasteiger charge is 2.17. The Bertz CT molecular complexity index is 824. The molecule has 0 radical (unpaired) electrons. The van der Waals surface area contributed by atoms with E-state index in [2.05, 4.69) is 10.1 Å². The van der Waals surface area contributed by atoms with E-state index in [1.54, 1.807) is 29.2 Å². The first kappa shape index (κ1) is 20.2. The van der Waals surface area contributed by atoms with Crippen LogP contribution in [0.5, 0.6) is 0 Å². The van der Waals surface area contributed by atoms with Crippen LogP contribution in [-0.4, -0.2) is 31.4 Å². The number of aryl methyl sites for hydroxylation is 2. The lowest BCUT2D eigenvalue weighted by Crippen LogP contribution is -2.33. The fourth-order valence-electron chi connectivity index (χ4n) is 2.90. The van der Waals surface area contributed by atoms with Crippen LogP contribution in [0.15, 0.2) is 42.5 Å². The Morgan fingerprint density at radius 1 is 1.00 bits per heavy atom. The van der Waals surface area contributed by atoms with E-state index in [0.717, 1.165) is 16.8 Å². The van der Waals surface area contributed by atoms with E-state index in [4.69, 9.17) is 0 Å². The van der Waals surface area contributed by atoms with E-state index in [0.29, 0.717) is 11.3 Å². The van der Waals surface area contributed by atoms with Gasteiger partial charge in [0.15, 0.2) is 0 Å². The quantitative estimate of drug-likeness (QED) is 0.792. The van der Waals surface area contributed by atoms with Crippen molar-refractivity contribution in [3.63, 3.8) is 0 Å². The van der Waals surface area contributed by atoms with E-state index in [-0.39, 0.29) is 24.8 Å². The molecule has 2 amide bonds. The normalized spacial score (nSPS) is 10.2. The van der Waals surface area contributed by atoms with Gasteiger partial charge in [0.2, 0.25) is 11.8 Å². The standard InChI is InChI=1S/C21H24N2O4/c1-14-6-5-7-15(2)20(14)23(16(3)24)13-12-19(25)22-18-10-8-17(9-11-18)21(26)27-4/h5-11H,12-13H2,1-4H3,(H,22,25). The van der Waals surface area contributed by atoms with Gasteiger partial charge in [-0.3, -0.25) is 9.59 Å². The Kier molecular flexibility index (Phi) is 6.71. The van der Waals surface area contributed by atoms with Gasteiger partial charge in [0.25, 0.3) is 0 Å². The number of benzene rings is 2. The van der Waals surface area contributed by atoms with Gasteiger partial charge >= 0.3 is 5.97 Å². The molecule has 142 valence electrons. The van der Waals surface area contributed by atoms with Gasteiger partial charge in [-0.05, 0) is 49.2 Å². The van der Waals surface area contributed by atoms with Crippen LogP contribution in [0.2, 0.25) is 0 Å². The first-order chi connectivity index (χ1) is 12.8. The lowest BCUT2D eigenvalue weighted by molar-refractivity contribution is -0.117. The van der Waals surface area contributed by atoms with Gasteiger partial charge in [-0.1, -0.05) is 18.2 Å². The van der Waals surface area contributed by atoms with Crippen LogP contribution in [0.25, 0.3) is 0 Å². The molecule has 6 heteroatoms. The summed E-state index contributed by atoms with van der Waals surface area (Å²) in [4.78, 5) is 37.4. The van der Waals surface area contributed by atoms with E-state index < -0.39 is 5.97 Å². The van der Waals surface area contributed by atoms with Crippen LogP contribution < -0.4 is 10.2 Å². The summed E-state index contributed by atoms with van der Waals surface area (Å²) in [5.74, 6) is -0.750. The van der Waals surface area contributed by atoms with Crippen LogP contribution >= 0.6 is 0 Å². The zero-order valence-electron chi connectivity index (χ0n) is 16.0. The Labute approximate surface area is 159 Å². The van der Waals surface area contributed by atoms with E-state index in [9.17, 15) is 14.4 Å². The van der Waals surface area contributed by atoms with Crippen LogP contribution in [-0.2, 0) is 14.3 Å². The monoisotopic (exact) mass is 368 g/mol. The molecule has 0 bridgehead atoms. The lowest BCUT2D eigenvalue weighted by atomic mass is 10.1. The van der Waals surface area contributed by atoms with Crippen molar-refractivity contribution in [3.8, 4) is 0 Å². The number of amides is 2. The highest BCUT2D eigenvalue weighted by atomic mass is 16.5. The van der Waals surface area contributed by atoms with Crippen molar-refractivity contribution in [3.05, 3.63) is 59.2 Å². The molecule has 0 aliphatic heterocycles. The highest BCUT2D eigenvalue weighted by Crippen LogP contribution is 2.25. The first-order valence-corrected chi connectivity index (χ1v) is 8.66. The summed E-state index contributed by atoms with van der Waals surface area (Å²) in [5.41, 5.74) is 3.82. The summed E-state index contributed by atoms with van der Waals surface area (Å²) in [6.45, 7) is 5.67. The second kappa shape index (κ2) is 8.98. The maximum atomic E-state index is 12.3. The van der Waals surface area contributed by atoms with E-state index >= 15 is 0 Å². The molecule has 1 N–H and O–H groups in total. The summed E-state index contributed by atoms with van der Waals surface area (Å²) >= 11 is 0. The molecule has 2 aromatic carbocycles. The van der Waals surface area contributed by atoms with Gasteiger partial charge < -0.3 is 15.0 Å². The average molecular weight is 368 g/mol. The van der Waals surface area contributed by atoms with Gasteiger partial charge in [-0.15, -0.1) is 0 Å². The summed E-state index contributed by atoms with van der Waals surface area (Å²) in [6.07, 6.45) is 0.159. The second-order valence-electron chi connectivity index (χ2n) is 6.28. The van der Waals surface area contributed by atoms with Crippen LogP contribution in [0, 0.1) is 13.8 Å². The largest absolute Gasteiger partial charge is 0.465 e. The maximum absolute atomic E-state index is 12.3. The molecular formula is C21H24N2O4. The van der Waals surface area contributed by atoms with Crippen LogP contribution in [0.1, 0.15) is 34.8 Å². The number of nitrogens with zero attached hydrogens (tertiary/aromatic N) is 1. The number of ether oxygens (including phenoxy) is 1. The Morgan fingerprint density at radius 2 is 1.59 bits per heavy atom. The third kappa shape index (κ3) is 5.17. The smallest absolute Gasteiger partial charge is 0.337 e. The Morgan fingerprint density at radius 3 is 2.11 bits per heavy atom. The second-order valence-corrected chi connectivity index (χ2v) is 6.28. The zero-order chi connectivity index (χ0) is 20.0. The summed E-state index contributed by atoms with van der Waals surface area (Å²) in [5, 5.41) is 2.77. The number of carbonyl (C=O) groups is 3. The third-order valence-corrected chi connectivity index (χ3v) is 4.24. The molecule has 0 saturated heterocycles. The van der Waals surface area contributed by atoms with Crippen molar-refractivity contribution in [2.75, 3.05) is 23.9 Å². The van der Waals surface area contributed by atoms with Crippen LogP contribution in [0.3, 0.4) is 0 Å². The molecule has 0 aliphatic rings. The number of anilines is 2. The molecule has 2 aromatic rings. The minimum Gasteiger partial charge on any atom is -0.465 e. The summed E-state index contributed by atoms with van der Waals surface area (Å²) in [6, 6.07) is 12.3. The molecule has 0 aliphatic carbocycles. The first-order valence-electron chi connectivity index (χ1n) is 8.66. The molecular weight excluding hydrogens is 344 g/mol. The topological polar surface area (TPSA) is 75.7 Å². The summed E-state index contributed by atoms with van der Waals surface area (Å²) in [7, 11) is 1.31. The minimum absolute atomic E-state index is 0.109. The fourth-order valence-corrected chi connectivity index (χ4v) is 2.90. The number of rotatable bonds is 6. The molecule has 0 fully saturated rings. The maximum Gasteiger partial charge on any atom is 0.337 e. The fraction of sp³-hybridized carbons (Fsp3) is 0.286. The predicted octanol–water partition coefficient (Wildman–Crippen LogP) is 3.47. The third-order valence-electron chi connectivity index (χ3n) is 4.24. The highest BCUT2D eigenvalue weighted by molar-refractivity contribution is 5.96. The number of carbonyl (C=O) groups excluding carboxylic acids is 3. The number of esters is 1. The molecule has 6 nitrogen and oxygen atoms in total. The van der Waals surface area contributed by atoms with Gasteiger partial charge in [0.1, 0.15) is 0 Å². The van der Waals surface area contributed by atoms with E-state index in [1.807, 2.05) is 32.0 Å². The number of nitrogens with one attached hydrogen (secondary N) is 1. The average Bonchev–Trinajstić information content (AvgIpc) is 2.63. The van der Waals surface area contributed by atoms with Gasteiger partial charge in [-0.25, -0.2) is 4.79 Å². The summed E-state index contributed by atoms with van der Waals surface area (Å²) < 4.78 is 4.64. The van der Waals surface area contributed by atoms with Gasteiger partial charge in [-0.2, -0.15) is 0 Å². The van der Waals surface area contributed by atoms with Crippen molar-refractivity contribution in [1.82, 2.24) is 0 Å². The van der Waals surface area contributed by atoms with Crippen LogP contribution in [0.4, 0.5) is 11.4 Å². The zero-order valence-corrected chi connectivity index (χ0v) is 16.0. The van der Waals surface area contributed by atoms with E-state index in [1.165, 1.54) is 14.0 Å². The molecule has 0 unspecified atom stereocenters. The molecule has 0 aromatic heterocycles. The SMILES string of the molecule is COC(=O)c1ccc(NC(=O)CCN(C(C)=O)c2c(C)cccc2C)cc1. The Balaban J connectivity index is 2.02. The van der Waals surface area contributed by atoms with Gasteiger partial charge in [0, 0.05) is 31.3 Å². The van der Waals surface area contributed by atoms with Crippen molar-refractivity contribution in [2.45, 2.75) is 27.2 Å². The molecule has 0 heterocycles. The van der Waals surface area contributed by atoms with Crippen molar-refractivity contribution in [2.24, 2.45) is 0 Å².